The standard InChI is InChI=1S/C19H28N2O2S/c1-15-6-8-17(9-7-15)23-14-19(22)21(13-18-5-3-11-24-18)16-4-2-10-20-12-16/h6-9,16,18,20H,2-5,10-14H2,1H3. The third kappa shape index (κ3) is 4.90. The third-order valence-corrected chi connectivity index (χ3v) is 6.22. The molecule has 1 amide bonds. The van der Waals surface area contributed by atoms with Gasteiger partial charge in [0.15, 0.2) is 6.61 Å². The number of hydrogen-bond donors (Lipinski definition) is 1. The maximum atomic E-state index is 12.8. The SMILES string of the molecule is Cc1ccc(OCC(=O)N(CC2CCCS2)C2CCCNC2)cc1. The quantitative estimate of drug-likeness (QED) is 0.858. The van der Waals surface area contributed by atoms with Crippen LogP contribution in [0.5, 0.6) is 5.75 Å². The number of piperidine rings is 1. The van der Waals surface area contributed by atoms with Crippen molar-refractivity contribution in [1.82, 2.24) is 10.2 Å². The Morgan fingerprint density at radius 1 is 1.29 bits per heavy atom. The molecule has 3 rings (SSSR count). The Morgan fingerprint density at radius 2 is 2.12 bits per heavy atom. The molecule has 0 aromatic heterocycles. The van der Waals surface area contributed by atoms with Gasteiger partial charge in [-0.25, -0.2) is 0 Å². The second-order valence-corrected chi connectivity index (χ2v) is 8.19. The van der Waals surface area contributed by atoms with Crippen LogP contribution in [0, 0.1) is 6.92 Å². The fourth-order valence-corrected chi connectivity index (χ4v) is 4.69. The molecule has 2 atom stereocenters. The number of carbonyl (C=O) groups excluding carboxylic acids is 1. The van der Waals surface area contributed by atoms with E-state index in [1.54, 1.807) is 0 Å². The monoisotopic (exact) mass is 348 g/mol. The molecule has 24 heavy (non-hydrogen) atoms. The number of nitrogens with zero attached hydrogens (tertiary/aromatic N) is 1. The lowest BCUT2D eigenvalue weighted by Gasteiger charge is -2.36. The van der Waals surface area contributed by atoms with Crippen LogP contribution in [0.3, 0.4) is 0 Å². The fourth-order valence-electron chi connectivity index (χ4n) is 3.42. The molecular formula is C19H28N2O2S. The van der Waals surface area contributed by atoms with Gasteiger partial charge >= 0.3 is 0 Å². The summed E-state index contributed by atoms with van der Waals surface area (Å²) >= 11 is 2.01. The lowest BCUT2D eigenvalue weighted by atomic mass is 10.0. The van der Waals surface area contributed by atoms with Crippen LogP contribution >= 0.6 is 11.8 Å². The largest absolute Gasteiger partial charge is 0.484 e. The van der Waals surface area contributed by atoms with Gasteiger partial charge in [-0.05, 0) is 57.0 Å². The molecule has 0 bridgehead atoms. The van der Waals surface area contributed by atoms with E-state index < -0.39 is 0 Å². The van der Waals surface area contributed by atoms with E-state index in [4.69, 9.17) is 4.74 Å². The van der Waals surface area contributed by atoms with Crippen LogP contribution in [0.1, 0.15) is 31.2 Å². The zero-order valence-electron chi connectivity index (χ0n) is 14.5. The number of amides is 1. The predicted molar refractivity (Wildman–Crippen MR) is 99.8 cm³/mol. The van der Waals surface area contributed by atoms with Crippen molar-refractivity contribution in [2.24, 2.45) is 0 Å². The van der Waals surface area contributed by atoms with Crippen molar-refractivity contribution in [3.63, 3.8) is 0 Å². The van der Waals surface area contributed by atoms with E-state index in [2.05, 4.69) is 10.2 Å². The molecule has 2 saturated heterocycles. The number of carbonyl (C=O) groups is 1. The highest BCUT2D eigenvalue weighted by atomic mass is 32.2. The molecule has 0 radical (unpaired) electrons. The summed E-state index contributed by atoms with van der Waals surface area (Å²) in [6, 6.07) is 8.20. The van der Waals surface area contributed by atoms with Crippen molar-refractivity contribution in [3.05, 3.63) is 29.8 Å². The first-order valence-electron chi connectivity index (χ1n) is 9.03. The minimum Gasteiger partial charge on any atom is -0.484 e. The molecule has 5 heteroatoms. The summed E-state index contributed by atoms with van der Waals surface area (Å²) in [5.74, 6) is 2.12. The summed E-state index contributed by atoms with van der Waals surface area (Å²) in [5.41, 5.74) is 1.20. The van der Waals surface area contributed by atoms with Crippen molar-refractivity contribution in [3.8, 4) is 5.75 Å². The topological polar surface area (TPSA) is 41.6 Å². The van der Waals surface area contributed by atoms with Gasteiger partial charge in [0.05, 0.1) is 0 Å². The van der Waals surface area contributed by atoms with Gasteiger partial charge in [0, 0.05) is 24.4 Å². The Bertz CT molecular complexity index is 523. The van der Waals surface area contributed by atoms with Crippen LogP contribution in [0.4, 0.5) is 0 Å². The summed E-state index contributed by atoms with van der Waals surface area (Å²) in [6.45, 7) is 5.03. The predicted octanol–water partition coefficient (Wildman–Crippen LogP) is 2.85. The van der Waals surface area contributed by atoms with Gasteiger partial charge in [0.25, 0.3) is 5.91 Å². The third-order valence-electron chi connectivity index (χ3n) is 4.84. The second kappa shape index (κ2) is 8.77. The lowest BCUT2D eigenvalue weighted by Crippen LogP contribution is -2.51. The smallest absolute Gasteiger partial charge is 0.260 e. The highest BCUT2D eigenvalue weighted by Gasteiger charge is 2.29. The van der Waals surface area contributed by atoms with Crippen LogP contribution in [-0.2, 0) is 4.79 Å². The van der Waals surface area contributed by atoms with Crippen molar-refractivity contribution in [2.75, 3.05) is 32.0 Å². The van der Waals surface area contributed by atoms with Crippen molar-refractivity contribution in [1.29, 1.82) is 0 Å². The maximum absolute atomic E-state index is 12.8. The lowest BCUT2D eigenvalue weighted by molar-refractivity contribution is -0.136. The minimum atomic E-state index is 0.122. The van der Waals surface area contributed by atoms with Crippen LogP contribution in [0.2, 0.25) is 0 Å². The van der Waals surface area contributed by atoms with E-state index in [1.165, 1.54) is 24.2 Å². The Balaban J connectivity index is 1.59. The van der Waals surface area contributed by atoms with Gasteiger partial charge in [-0.3, -0.25) is 4.79 Å². The van der Waals surface area contributed by atoms with E-state index >= 15 is 0 Å². The van der Waals surface area contributed by atoms with Crippen molar-refractivity contribution >= 4 is 17.7 Å². The molecule has 2 fully saturated rings. The molecule has 2 unspecified atom stereocenters. The van der Waals surface area contributed by atoms with Gasteiger partial charge in [0.2, 0.25) is 0 Å². The summed E-state index contributed by atoms with van der Waals surface area (Å²) in [7, 11) is 0. The van der Waals surface area contributed by atoms with Gasteiger partial charge in [0.1, 0.15) is 5.75 Å². The average Bonchev–Trinajstić information content (AvgIpc) is 3.13. The van der Waals surface area contributed by atoms with E-state index in [-0.39, 0.29) is 12.5 Å². The van der Waals surface area contributed by atoms with E-state index in [9.17, 15) is 4.79 Å². The molecule has 0 spiro atoms. The highest BCUT2D eigenvalue weighted by Crippen LogP contribution is 2.28. The molecule has 2 heterocycles. The normalized spacial score (nSPS) is 23.9. The Labute approximate surface area is 149 Å². The van der Waals surface area contributed by atoms with Gasteiger partial charge in [-0.15, -0.1) is 0 Å². The van der Waals surface area contributed by atoms with Crippen LogP contribution in [0.15, 0.2) is 24.3 Å². The molecular weight excluding hydrogens is 320 g/mol. The summed E-state index contributed by atoms with van der Waals surface area (Å²) in [5, 5.41) is 4.03. The second-order valence-electron chi connectivity index (χ2n) is 6.78. The number of aryl methyl sites for hydroxylation is 1. The summed E-state index contributed by atoms with van der Waals surface area (Å²) in [4.78, 5) is 14.9. The minimum absolute atomic E-state index is 0.122. The first kappa shape index (κ1) is 17.6. The number of nitrogens with one attached hydrogen (secondary N) is 1. The Kier molecular flexibility index (Phi) is 6.44. The Morgan fingerprint density at radius 3 is 2.79 bits per heavy atom. The van der Waals surface area contributed by atoms with Gasteiger partial charge < -0.3 is 15.0 Å². The molecule has 0 aliphatic carbocycles. The first-order chi connectivity index (χ1) is 11.7. The molecule has 1 N–H and O–H groups in total. The number of hydrogen-bond acceptors (Lipinski definition) is 4. The molecule has 2 aliphatic rings. The fraction of sp³-hybridized carbons (Fsp3) is 0.632. The molecule has 4 nitrogen and oxygen atoms in total. The van der Waals surface area contributed by atoms with Crippen molar-refractivity contribution in [2.45, 2.75) is 43.9 Å². The zero-order valence-corrected chi connectivity index (χ0v) is 15.3. The number of benzene rings is 1. The number of thioether (sulfide) groups is 1. The summed E-state index contributed by atoms with van der Waals surface area (Å²) in [6.07, 6.45) is 4.75. The molecule has 0 saturated carbocycles. The summed E-state index contributed by atoms with van der Waals surface area (Å²) < 4.78 is 5.74. The van der Waals surface area contributed by atoms with E-state index in [0.717, 1.165) is 38.2 Å². The van der Waals surface area contributed by atoms with E-state index in [1.807, 2.05) is 43.0 Å². The van der Waals surface area contributed by atoms with Crippen molar-refractivity contribution < 1.29 is 9.53 Å². The molecule has 132 valence electrons. The van der Waals surface area contributed by atoms with Gasteiger partial charge in [-0.2, -0.15) is 11.8 Å². The van der Waals surface area contributed by atoms with Crippen LogP contribution in [-0.4, -0.2) is 54.1 Å². The molecule has 2 aliphatic heterocycles. The van der Waals surface area contributed by atoms with Gasteiger partial charge in [-0.1, -0.05) is 17.7 Å². The van der Waals surface area contributed by atoms with Crippen LogP contribution < -0.4 is 10.1 Å². The first-order valence-corrected chi connectivity index (χ1v) is 10.1. The molecule has 1 aromatic rings. The zero-order chi connectivity index (χ0) is 16.8. The average molecular weight is 349 g/mol. The Hall–Kier alpha value is -1.20. The molecule has 1 aromatic carbocycles. The number of rotatable bonds is 6. The highest BCUT2D eigenvalue weighted by molar-refractivity contribution is 8.00. The van der Waals surface area contributed by atoms with E-state index in [0.29, 0.717) is 11.3 Å². The van der Waals surface area contributed by atoms with Crippen LogP contribution in [0.25, 0.3) is 0 Å². The number of ether oxygens (including phenoxy) is 1. The maximum Gasteiger partial charge on any atom is 0.260 e.